The average molecular weight is 341 g/mol. The summed E-state index contributed by atoms with van der Waals surface area (Å²) < 4.78 is 52.7. The number of halogens is 4. The highest BCUT2D eigenvalue weighted by Crippen LogP contribution is 2.23. The smallest absolute Gasteiger partial charge is 0.406 e. The molecule has 2 amide bonds. The van der Waals surface area contributed by atoms with E-state index in [0.29, 0.717) is 5.56 Å². The largest absolute Gasteiger partial charge is 0.573 e. The Bertz CT molecular complexity index is 730. The number of nitrogens with zero attached hydrogens (tertiary/aromatic N) is 1. The van der Waals surface area contributed by atoms with E-state index in [1.165, 1.54) is 36.5 Å². The standard InChI is InChI=1S/C15H11F4N3O2/c16-11-3-1-2-10(8-11)9-20-22-14(23)21-12-4-6-13(7-5-12)24-15(17,18)19/h1-9H,(H2,21,22,23)/b20-9+. The van der Waals surface area contributed by atoms with Crippen molar-refractivity contribution >= 4 is 17.9 Å². The van der Waals surface area contributed by atoms with Crippen LogP contribution in [0, 0.1) is 5.82 Å². The number of alkyl halides is 3. The molecule has 0 radical (unpaired) electrons. The molecule has 2 N–H and O–H groups in total. The minimum atomic E-state index is -4.78. The van der Waals surface area contributed by atoms with Crippen molar-refractivity contribution in [3.05, 3.63) is 59.9 Å². The number of hydrazone groups is 1. The number of amides is 2. The van der Waals surface area contributed by atoms with E-state index in [9.17, 15) is 22.4 Å². The molecule has 126 valence electrons. The monoisotopic (exact) mass is 341 g/mol. The zero-order chi connectivity index (χ0) is 17.6. The zero-order valence-corrected chi connectivity index (χ0v) is 12.0. The Kier molecular flexibility index (Phi) is 5.35. The molecule has 0 aliphatic carbocycles. The van der Waals surface area contributed by atoms with Crippen LogP contribution in [-0.2, 0) is 0 Å². The van der Waals surface area contributed by atoms with Gasteiger partial charge in [0.1, 0.15) is 11.6 Å². The highest BCUT2D eigenvalue weighted by Gasteiger charge is 2.30. The van der Waals surface area contributed by atoms with Crippen molar-refractivity contribution in [2.24, 2.45) is 5.10 Å². The van der Waals surface area contributed by atoms with E-state index in [1.54, 1.807) is 6.07 Å². The van der Waals surface area contributed by atoms with Crippen molar-refractivity contribution in [3.63, 3.8) is 0 Å². The molecular formula is C15H11F4N3O2. The zero-order valence-electron chi connectivity index (χ0n) is 12.0. The number of nitrogens with one attached hydrogen (secondary N) is 2. The molecule has 9 heteroatoms. The molecule has 24 heavy (non-hydrogen) atoms. The maximum absolute atomic E-state index is 12.9. The average Bonchev–Trinajstić information content (AvgIpc) is 2.48. The van der Waals surface area contributed by atoms with E-state index in [2.05, 4.69) is 20.6 Å². The van der Waals surface area contributed by atoms with Crippen LogP contribution in [-0.4, -0.2) is 18.6 Å². The number of urea groups is 1. The maximum Gasteiger partial charge on any atom is 0.573 e. The van der Waals surface area contributed by atoms with Crippen LogP contribution in [0.4, 0.5) is 28.0 Å². The quantitative estimate of drug-likeness (QED) is 0.504. The van der Waals surface area contributed by atoms with E-state index in [4.69, 9.17) is 0 Å². The van der Waals surface area contributed by atoms with Crippen molar-refractivity contribution in [2.75, 3.05) is 5.32 Å². The lowest BCUT2D eigenvalue weighted by atomic mass is 10.2. The molecule has 0 saturated carbocycles. The Hall–Kier alpha value is -3.10. The molecule has 5 nitrogen and oxygen atoms in total. The molecule has 0 heterocycles. The van der Waals surface area contributed by atoms with Gasteiger partial charge in [-0.2, -0.15) is 5.10 Å². The van der Waals surface area contributed by atoms with Gasteiger partial charge in [-0.25, -0.2) is 14.6 Å². The summed E-state index contributed by atoms with van der Waals surface area (Å²) >= 11 is 0. The highest BCUT2D eigenvalue weighted by molar-refractivity contribution is 5.90. The Labute approximate surface area is 133 Å². The van der Waals surface area contributed by atoms with E-state index < -0.39 is 24.0 Å². The van der Waals surface area contributed by atoms with Crippen LogP contribution in [0.2, 0.25) is 0 Å². The Morgan fingerprint density at radius 1 is 1.12 bits per heavy atom. The Balaban J connectivity index is 1.86. The lowest BCUT2D eigenvalue weighted by Crippen LogP contribution is -2.24. The third-order valence-corrected chi connectivity index (χ3v) is 2.57. The van der Waals surface area contributed by atoms with Crippen LogP contribution >= 0.6 is 0 Å². The van der Waals surface area contributed by atoms with Crippen molar-refractivity contribution in [2.45, 2.75) is 6.36 Å². The number of rotatable bonds is 4. The molecule has 2 aromatic carbocycles. The second-order valence-electron chi connectivity index (χ2n) is 4.45. The Morgan fingerprint density at radius 3 is 2.46 bits per heavy atom. The van der Waals surface area contributed by atoms with Gasteiger partial charge in [-0.05, 0) is 42.0 Å². The van der Waals surface area contributed by atoms with Gasteiger partial charge in [0.15, 0.2) is 0 Å². The predicted molar refractivity (Wildman–Crippen MR) is 79.3 cm³/mol. The van der Waals surface area contributed by atoms with Crippen molar-refractivity contribution in [1.29, 1.82) is 0 Å². The van der Waals surface area contributed by atoms with Gasteiger partial charge >= 0.3 is 12.4 Å². The molecule has 0 aliphatic rings. The normalized spacial score (nSPS) is 11.3. The lowest BCUT2D eigenvalue weighted by Gasteiger charge is -2.09. The number of carbonyl (C=O) groups is 1. The van der Waals surface area contributed by atoms with Gasteiger partial charge in [0.05, 0.1) is 6.21 Å². The first-order valence-corrected chi connectivity index (χ1v) is 6.53. The van der Waals surface area contributed by atoms with Gasteiger partial charge in [0.25, 0.3) is 0 Å². The fourth-order valence-corrected chi connectivity index (χ4v) is 1.65. The summed E-state index contributed by atoms with van der Waals surface area (Å²) in [5.74, 6) is -0.845. The van der Waals surface area contributed by atoms with E-state index in [-0.39, 0.29) is 5.69 Å². The number of hydrogen-bond acceptors (Lipinski definition) is 3. The first-order valence-electron chi connectivity index (χ1n) is 6.53. The van der Waals surface area contributed by atoms with E-state index in [0.717, 1.165) is 12.1 Å². The fourth-order valence-electron chi connectivity index (χ4n) is 1.65. The molecule has 0 saturated heterocycles. The van der Waals surface area contributed by atoms with Gasteiger partial charge in [0, 0.05) is 5.69 Å². The molecule has 2 aromatic rings. The van der Waals surface area contributed by atoms with Crippen LogP contribution in [0.15, 0.2) is 53.6 Å². The lowest BCUT2D eigenvalue weighted by molar-refractivity contribution is -0.274. The summed E-state index contributed by atoms with van der Waals surface area (Å²) in [6.07, 6.45) is -3.54. The van der Waals surface area contributed by atoms with E-state index in [1.807, 2.05) is 0 Å². The third-order valence-electron chi connectivity index (χ3n) is 2.57. The number of carbonyl (C=O) groups excluding carboxylic acids is 1. The number of ether oxygens (including phenoxy) is 1. The van der Waals surface area contributed by atoms with Gasteiger partial charge in [-0.1, -0.05) is 12.1 Å². The molecule has 0 fully saturated rings. The summed E-state index contributed by atoms with van der Waals surface area (Å²) in [7, 11) is 0. The molecular weight excluding hydrogens is 330 g/mol. The first-order chi connectivity index (χ1) is 11.3. The summed E-state index contributed by atoms with van der Waals surface area (Å²) in [4.78, 5) is 11.6. The molecule has 0 bridgehead atoms. The van der Waals surface area contributed by atoms with E-state index >= 15 is 0 Å². The fraction of sp³-hybridized carbons (Fsp3) is 0.0667. The number of benzene rings is 2. The highest BCUT2D eigenvalue weighted by atomic mass is 19.4. The molecule has 0 spiro atoms. The van der Waals surface area contributed by atoms with Gasteiger partial charge in [0.2, 0.25) is 0 Å². The van der Waals surface area contributed by atoms with Crippen molar-refractivity contribution in [1.82, 2.24) is 5.43 Å². The van der Waals surface area contributed by atoms with Crippen molar-refractivity contribution < 1.29 is 27.1 Å². The van der Waals surface area contributed by atoms with Crippen molar-refractivity contribution in [3.8, 4) is 5.75 Å². The Morgan fingerprint density at radius 2 is 1.83 bits per heavy atom. The van der Waals surface area contributed by atoms with Crippen LogP contribution in [0.25, 0.3) is 0 Å². The molecule has 2 rings (SSSR count). The summed E-state index contributed by atoms with van der Waals surface area (Å²) in [6.45, 7) is 0. The minimum absolute atomic E-state index is 0.239. The molecule has 0 aromatic heterocycles. The minimum Gasteiger partial charge on any atom is -0.406 e. The summed E-state index contributed by atoms with van der Waals surface area (Å²) in [5, 5.41) is 5.97. The van der Waals surface area contributed by atoms with Gasteiger partial charge < -0.3 is 10.1 Å². The van der Waals surface area contributed by atoms with Crippen LogP contribution in [0.1, 0.15) is 5.56 Å². The second-order valence-corrected chi connectivity index (χ2v) is 4.45. The topological polar surface area (TPSA) is 62.7 Å². The molecule has 0 aliphatic heterocycles. The third kappa shape index (κ3) is 5.95. The summed E-state index contributed by atoms with van der Waals surface area (Å²) in [6, 6.07) is 9.43. The second kappa shape index (κ2) is 7.44. The van der Waals surface area contributed by atoms with Crippen LogP contribution in [0.3, 0.4) is 0 Å². The summed E-state index contributed by atoms with van der Waals surface area (Å²) in [5.41, 5.74) is 2.82. The van der Waals surface area contributed by atoms with Gasteiger partial charge in [-0.3, -0.25) is 0 Å². The van der Waals surface area contributed by atoms with Crippen LogP contribution in [0.5, 0.6) is 5.75 Å². The first kappa shape index (κ1) is 17.3. The predicted octanol–water partition coefficient (Wildman–Crippen LogP) is 3.88. The SMILES string of the molecule is O=C(N/N=C/c1cccc(F)c1)Nc1ccc(OC(F)(F)F)cc1. The molecule has 0 unspecified atom stereocenters. The molecule has 0 atom stereocenters. The number of hydrogen-bond donors (Lipinski definition) is 2. The number of anilines is 1. The van der Waals surface area contributed by atoms with Gasteiger partial charge in [-0.15, -0.1) is 13.2 Å². The van der Waals surface area contributed by atoms with Crippen LogP contribution < -0.4 is 15.5 Å². The maximum atomic E-state index is 12.9.